The van der Waals surface area contributed by atoms with Gasteiger partial charge in [0.15, 0.2) is 6.29 Å². The molecule has 5 rings (SSSR count). The number of aromatic hydroxyl groups is 2. The second-order valence-electron chi connectivity index (χ2n) is 10.0. The van der Waals surface area contributed by atoms with Crippen molar-refractivity contribution in [1.29, 1.82) is 0 Å². The molecule has 0 spiro atoms. The topological polar surface area (TPSA) is 67.1 Å². The minimum absolute atomic E-state index is 0.111. The summed E-state index contributed by atoms with van der Waals surface area (Å²) in [6, 6.07) is 21.8. The molecule has 0 unspecified atom stereocenters. The van der Waals surface area contributed by atoms with Crippen LogP contribution in [-0.2, 0) is 16.0 Å². The Morgan fingerprint density at radius 1 is 0.865 bits per heavy atom. The third-order valence-electron chi connectivity index (χ3n) is 7.75. The number of ether oxygens (including phenoxy) is 2. The van der Waals surface area contributed by atoms with E-state index in [1.165, 1.54) is 11.3 Å². The largest absolute Gasteiger partial charge is 0.508 e. The molecule has 0 atom stereocenters. The van der Waals surface area contributed by atoms with Crippen LogP contribution in [0.1, 0.15) is 30.4 Å². The Hall–Kier alpha value is -3.48. The zero-order valence-electron chi connectivity index (χ0n) is 21.9. The molecule has 1 aliphatic rings. The van der Waals surface area contributed by atoms with Crippen molar-refractivity contribution in [3.8, 4) is 22.8 Å². The van der Waals surface area contributed by atoms with Gasteiger partial charge in [0, 0.05) is 56.9 Å². The number of hydrogen-bond acceptors (Lipinski definition) is 5. The Labute approximate surface area is 218 Å². The molecule has 0 saturated carbocycles. The van der Waals surface area contributed by atoms with Gasteiger partial charge in [-0.25, -0.2) is 0 Å². The summed E-state index contributed by atoms with van der Waals surface area (Å²) >= 11 is 0. The minimum Gasteiger partial charge on any atom is -0.508 e. The van der Waals surface area contributed by atoms with Gasteiger partial charge in [-0.3, -0.25) is 0 Å². The quantitative estimate of drug-likeness (QED) is 0.278. The van der Waals surface area contributed by atoms with Crippen molar-refractivity contribution in [1.82, 2.24) is 4.57 Å². The average molecular weight is 501 g/mol. The van der Waals surface area contributed by atoms with Crippen molar-refractivity contribution in [3.63, 3.8) is 0 Å². The van der Waals surface area contributed by atoms with Crippen LogP contribution >= 0.6 is 0 Å². The molecule has 6 nitrogen and oxygen atoms in total. The Morgan fingerprint density at radius 3 is 2.16 bits per heavy atom. The molecule has 2 N–H and O–H groups in total. The molecule has 0 radical (unpaired) electrons. The smallest absolute Gasteiger partial charge is 0.157 e. The number of phenols is 2. The van der Waals surface area contributed by atoms with E-state index in [9.17, 15) is 10.2 Å². The SMILES string of the molecule is COC(CC1CCN(c2ccc(Cn3c(-c4ccc(O)cc4)c(C)c4cc(O)ccc43)cc2)CC1)OC. The number of nitrogens with zero attached hydrogens (tertiary/aromatic N) is 2. The summed E-state index contributed by atoms with van der Waals surface area (Å²) < 4.78 is 13.1. The van der Waals surface area contributed by atoms with Crippen LogP contribution < -0.4 is 4.90 Å². The van der Waals surface area contributed by atoms with Crippen molar-refractivity contribution < 1.29 is 19.7 Å². The first-order valence-electron chi connectivity index (χ1n) is 13.0. The molecule has 1 fully saturated rings. The van der Waals surface area contributed by atoms with Gasteiger partial charge in [-0.1, -0.05) is 12.1 Å². The number of piperidine rings is 1. The predicted molar refractivity (Wildman–Crippen MR) is 148 cm³/mol. The van der Waals surface area contributed by atoms with E-state index in [0.29, 0.717) is 12.5 Å². The zero-order chi connectivity index (χ0) is 25.9. The summed E-state index contributed by atoms with van der Waals surface area (Å²) in [5.74, 6) is 1.14. The van der Waals surface area contributed by atoms with Gasteiger partial charge in [0.2, 0.25) is 0 Å². The van der Waals surface area contributed by atoms with Gasteiger partial charge in [-0.2, -0.15) is 0 Å². The first-order valence-corrected chi connectivity index (χ1v) is 13.0. The Balaban J connectivity index is 1.36. The lowest BCUT2D eigenvalue weighted by atomic mass is 9.93. The van der Waals surface area contributed by atoms with Gasteiger partial charge in [-0.05, 0) is 97.0 Å². The van der Waals surface area contributed by atoms with E-state index in [1.54, 1.807) is 32.4 Å². The molecule has 0 amide bonds. The number of fused-ring (bicyclic) bond motifs is 1. The molecule has 1 aliphatic heterocycles. The zero-order valence-corrected chi connectivity index (χ0v) is 21.9. The number of hydrogen-bond donors (Lipinski definition) is 2. The molecular formula is C31H36N2O4. The second-order valence-corrected chi connectivity index (χ2v) is 10.0. The van der Waals surface area contributed by atoms with Crippen LogP contribution in [0.4, 0.5) is 5.69 Å². The molecule has 1 saturated heterocycles. The average Bonchev–Trinajstić information content (AvgIpc) is 3.19. The standard InChI is InChI=1S/C31H36N2O4/c1-21-28-19-27(35)12-13-29(28)33(31(21)24-6-10-26(34)11-7-24)20-23-4-8-25(9-5-23)32-16-14-22(15-17-32)18-30(36-2)37-3/h4-13,19,22,30,34-35H,14-18,20H2,1-3H3. The summed E-state index contributed by atoms with van der Waals surface area (Å²) in [6.07, 6.45) is 3.12. The molecular weight excluding hydrogens is 464 g/mol. The maximum atomic E-state index is 10.1. The second kappa shape index (κ2) is 10.9. The lowest BCUT2D eigenvalue weighted by Gasteiger charge is -2.34. The van der Waals surface area contributed by atoms with Gasteiger partial charge >= 0.3 is 0 Å². The summed E-state index contributed by atoms with van der Waals surface area (Å²) in [5, 5.41) is 21.0. The minimum atomic E-state index is -0.111. The molecule has 37 heavy (non-hydrogen) atoms. The normalized spacial score (nSPS) is 14.6. The van der Waals surface area contributed by atoms with E-state index in [2.05, 4.69) is 40.7 Å². The highest BCUT2D eigenvalue weighted by molar-refractivity contribution is 5.92. The number of anilines is 1. The van der Waals surface area contributed by atoms with E-state index in [0.717, 1.165) is 60.1 Å². The van der Waals surface area contributed by atoms with Gasteiger partial charge in [0.25, 0.3) is 0 Å². The maximum Gasteiger partial charge on any atom is 0.157 e. The van der Waals surface area contributed by atoms with Crippen molar-refractivity contribution in [2.24, 2.45) is 5.92 Å². The van der Waals surface area contributed by atoms with Gasteiger partial charge in [0.1, 0.15) is 11.5 Å². The van der Waals surface area contributed by atoms with Gasteiger partial charge < -0.3 is 29.2 Å². The fourth-order valence-corrected chi connectivity index (χ4v) is 5.65. The lowest BCUT2D eigenvalue weighted by molar-refractivity contribution is -0.115. The van der Waals surface area contributed by atoms with E-state index in [4.69, 9.17) is 9.47 Å². The number of aryl methyl sites for hydroxylation is 1. The van der Waals surface area contributed by atoms with Crippen LogP contribution in [0.2, 0.25) is 0 Å². The highest BCUT2D eigenvalue weighted by Crippen LogP contribution is 2.36. The molecule has 194 valence electrons. The van der Waals surface area contributed by atoms with Crippen molar-refractivity contribution in [2.45, 2.75) is 39.0 Å². The first-order chi connectivity index (χ1) is 18.0. The number of rotatable bonds is 8. The molecule has 6 heteroatoms. The van der Waals surface area contributed by atoms with Crippen LogP contribution in [0.5, 0.6) is 11.5 Å². The van der Waals surface area contributed by atoms with E-state index in [-0.39, 0.29) is 17.8 Å². The van der Waals surface area contributed by atoms with Crippen LogP contribution in [-0.4, -0.2) is 48.4 Å². The van der Waals surface area contributed by atoms with E-state index < -0.39 is 0 Å². The third kappa shape index (κ3) is 5.31. The highest BCUT2D eigenvalue weighted by Gasteiger charge is 2.23. The summed E-state index contributed by atoms with van der Waals surface area (Å²) in [5.41, 5.74) is 6.79. The van der Waals surface area contributed by atoms with E-state index in [1.807, 2.05) is 24.3 Å². The molecule has 2 heterocycles. The Kier molecular flexibility index (Phi) is 7.40. The van der Waals surface area contributed by atoms with Crippen LogP contribution in [0.3, 0.4) is 0 Å². The lowest BCUT2D eigenvalue weighted by Crippen LogP contribution is -2.35. The van der Waals surface area contributed by atoms with Crippen molar-refractivity contribution >= 4 is 16.6 Å². The number of benzene rings is 3. The molecule has 0 bridgehead atoms. The van der Waals surface area contributed by atoms with Crippen LogP contribution in [0.25, 0.3) is 22.2 Å². The van der Waals surface area contributed by atoms with Crippen molar-refractivity contribution in [2.75, 3.05) is 32.2 Å². The van der Waals surface area contributed by atoms with Crippen molar-refractivity contribution in [3.05, 3.63) is 77.9 Å². The molecule has 0 aliphatic carbocycles. The first kappa shape index (κ1) is 25.2. The summed E-state index contributed by atoms with van der Waals surface area (Å²) in [4.78, 5) is 2.47. The van der Waals surface area contributed by atoms with Gasteiger partial charge in [0.05, 0.1) is 5.69 Å². The number of phenolic OH excluding ortho intramolecular Hbond substituents is 2. The number of aromatic nitrogens is 1. The molecule has 3 aromatic carbocycles. The Morgan fingerprint density at radius 2 is 1.51 bits per heavy atom. The molecule has 1 aromatic heterocycles. The van der Waals surface area contributed by atoms with Crippen LogP contribution in [0, 0.1) is 12.8 Å². The Bertz CT molecular complexity index is 1330. The summed E-state index contributed by atoms with van der Waals surface area (Å²) in [7, 11) is 3.42. The fraction of sp³-hybridized carbons (Fsp3) is 0.355. The molecule has 4 aromatic rings. The van der Waals surface area contributed by atoms with Crippen LogP contribution in [0.15, 0.2) is 66.7 Å². The fourth-order valence-electron chi connectivity index (χ4n) is 5.65. The predicted octanol–water partition coefficient (Wildman–Crippen LogP) is 6.30. The number of methoxy groups -OCH3 is 2. The monoisotopic (exact) mass is 500 g/mol. The summed E-state index contributed by atoms with van der Waals surface area (Å²) in [6.45, 7) is 4.89. The van der Waals surface area contributed by atoms with Gasteiger partial charge in [-0.15, -0.1) is 0 Å². The van der Waals surface area contributed by atoms with E-state index >= 15 is 0 Å². The third-order valence-corrected chi connectivity index (χ3v) is 7.75. The maximum absolute atomic E-state index is 10.1. The highest BCUT2D eigenvalue weighted by atomic mass is 16.7.